The van der Waals surface area contributed by atoms with Crippen molar-refractivity contribution < 1.29 is 24.2 Å². The Morgan fingerprint density at radius 1 is 1.38 bits per heavy atom. The van der Waals surface area contributed by atoms with Crippen molar-refractivity contribution >= 4 is 12.0 Å². The van der Waals surface area contributed by atoms with Crippen molar-refractivity contribution in [3.05, 3.63) is 35.0 Å². The van der Waals surface area contributed by atoms with Crippen molar-refractivity contribution in [2.45, 2.75) is 39.8 Å². The van der Waals surface area contributed by atoms with Gasteiger partial charge in [-0.3, -0.25) is 0 Å². The van der Waals surface area contributed by atoms with Crippen molar-refractivity contribution in [1.82, 2.24) is 10.6 Å². The van der Waals surface area contributed by atoms with Crippen LogP contribution in [0.3, 0.4) is 0 Å². The molecule has 2 amide bonds. The van der Waals surface area contributed by atoms with Gasteiger partial charge in [0, 0.05) is 5.70 Å². The number of carbonyl (C=O) groups excluding carboxylic acids is 2. The van der Waals surface area contributed by atoms with Crippen LogP contribution in [0, 0.1) is 0 Å². The first-order chi connectivity index (χ1) is 11.3. The second kappa shape index (κ2) is 7.25. The molecule has 1 aliphatic rings. The molecule has 1 aromatic carbocycles. The lowest BCUT2D eigenvalue weighted by Crippen LogP contribution is -2.45. The number of ether oxygens (including phenoxy) is 2. The van der Waals surface area contributed by atoms with E-state index in [0.717, 1.165) is 0 Å². The Morgan fingerprint density at radius 2 is 2.08 bits per heavy atom. The molecule has 0 aliphatic carbocycles. The van der Waals surface area contributed by atoms with E-state index >= 15 is 0 Å². The molecule has 1 atom stereocenters. The molecule has 1 aliphatic heterocycles. The van der Waals surface area contributed by atoms with E-state index in [1.165, 1.54) is 6.07 Å². The molecule has 0 unspecified atom stereocenters. The predicted molar refractivity (Wildman–Crippen MR) is 87.6 cm³/mol. The van der Waals surface area contributed by atoms with Crippen molar-refractivity contribution in [1.29, 1.82) is 0 Å². The molecule has 7 nitrogen and oxygen atoms in total. The van der Waals surface area contributed by atoms with Gasteiger partial charge in [0.15, 0.2) is 11.5 Å². The molecule has 0 aromatic heterocycles. The molecule has 1 aromatic rings. The van der Waals surface area contributed by atoms with Gasteiger partial charge in [-0.05, 0) is 45.4 Å². The van der Waals surface area contributed by atoms with Crippen LogP contribution in [0.1, 0.15) is 39.3 Å². The number of hydrogen-bond donors (Lipinski definition) is 3. The lowest BCUT2D eigenvalue weighted by atomic mass is 9.95. The maximum absolute atomic E-state index is 12.4. The normalized spacial score (nSPS) is 17.4. The van der Waals surface area contributed by atoms with Crippen molar-refractivity contribution in [3.63, 3.8) is 0 Å². The summed E-state index contributed by atoms with van der Waals surface area (Å²) >= 11 is 0. The predicted octanol–water partition coefficient (Wildman–Crippen LogP) is 2.37. The maximum atomic E-state index is 12.4. The van der Waals surface area contributed by atoms with Gasteiger partial charge >= 0.3 is 12.0 Å². The second-order valence-electron chi connectivity index (χ2n) is 5.68. The first kappa shape index (κ1) is 17.7. The topological polar surface area (TPSA) is 96.9 Å². The van der Waals surface area contributed by atoms with Crippen molar-refractivity contribution in [3.8, 4) is 11.5 Å². The number of rotatable bonds is 5. The number of esters is 1. The first-order valence-corrected chi connectivity index (χ1v) is 7.78. The average Bonchev–Trinajstić information content (AvgIpc) is 2.48. The van der Waals surface area contributed by atoms with Crippen LogP contribution in [0.2, 0.25) is 0 Å². The van der Waals surface area contributed by atoms with Gasteiger partial charge in [0.25, 0.3) is 0 Å². The van der Waals surface area contributed by atoms with Crippen LogP contribution in [0.15, 0.2) is 29.5 Å². The molecule has 24 heavy (non-hydrogen) atoms. The molecule has 3 N–H and O–H groups in total. The number of carbonyl (C=O) groups is 2. The molecular formula is C17H22N2O5. The molecule has 0 radical (unpaired) electrons. The fourth-order valence-electron chi connectivity index (χ4n) is 2.47. The minimum atomic E-state index is -0.690. The van der Waals surface area contributed by atoms with Gasteiger partial charge in [-0.15, -0.1) is 0 Å². The highest BCUT2D eigenvalue weighted by Gasteiger charge is 2.33. The Balaban J connectivity index is 2.45. The standard InChI is InChI=1S/C17H22N2O5/c1-5-23-13-8-11(6-7-12(13)20)15-14(16(21)24-9(2)3)10(4)18-17(22)19-15/h6-9,15,20H,5H2,1-4H3,(H2,18,19,22)/t15-/m0/s1. The lowest BCUT2D eigenvalue weighted by Gasteiger charge is -2.28. The zero-order chi connectivity index (χ0) is 17.9. The second-order valence-corrected chi connectivity index (χ2v) is 5.68. The summed E-state index contributed by atoms with van der Waals surface area (Å²) < 4.78 is 10.7. The third-order valence-electron chi connectivity index (χ3n) is 3.45. The van der Waals surface area contributed by atoms with Gasteiger partial charge in [-0.1, -0.05) is 6.07 Å². The largest absolute Gasteiger partial charge is 0.504 e. The Bertz CT molecular complexity index is 682. The van der Waals surface area contributed by atoms with Gasteiger partial charge in [0.05, 0.1) is 24.3 Å². The van der Waals surface area contributed by atoms with Crippen molar-refractivity contribution in [2.24, 2.45) is 0 Å². The average molecular weight is 334 g/mol. The Labute approximate surface area is 140 Å². The number of nitrogens with one attached hydrogen (secondary N) is 2. The molecular weight excluding hydrogens is 312 g/mol. The van der Waals surface area contributed by atoms with E-state index in [1.807, 2.05) is 0 Å². The minimum absolute atomic E-state index is 0.00660. The van der Waals surface area contributed by atoms with Gasteiger partial charge < -0.3 is 25.2 Å². The van der Waals surface area contributed by atoms with Crippen LogP contribution in [0.4, 0.5) is 4.79 Å². The SMILES string of the molecule is CCOc1cc([C@@H]2NC(=O)NC(C)=C2C(=O)OC(C)C)ccc1O. The van der Waals surface area contributed by atoms with Crippen LogP contribution >= 0.6 is 0 Å². The van der Waals surface area contributed by atoms with E-state index in [-0.39, 0.29) is 17.6 Å². The van der Waals surface area contributed by atoms with E-state index in [2.05, 4.69) is 10.6 Å². The van der Waals surface area contributed by atoms with Gasteiger partial charge in [-0.25, -0.2) is 9.59 Å². The molecule has 130 valence electrons. The third-order valence-corrected chi connectivity index (χ3v) is 3.45. The van der Waals surface area contributed by atoms with Crippen LogP contribution < -0.4 is 15.4 Å². The molecule has 7 heteroatoms. The summed E-state index contributed by atoms with van der Waals surface area (Å²) in [5.74, 6) is -0.226. The highest BCUT2D eigenvalue weighted by Crippen LogP contribution is 2.34. The fourth-order valence-corrected chi connectivity index (χ4v) is 2.47. The Morgan fingerprint density at radius 3 is 2.71 bits per heavy atom. The first-order valence-electron chi connectivity index (χ1n) is 7.78. The summed E-state index contributed by atoms with van der Waals surface area (Å²) in [4.78, 5) is 24.3. The molecule has 0 spiro atoms. The third kappa shape index (κ3) is 3.79. The Kier molecular flexibility index (Phi) is 5.33. The fraction of sp³-hybridized carbons (Fsp3) is 0.412. The van der Waals surface area contributed by atoms with Crippen LogP contribution in [-0.2, 0) is 9.53 Å². The van der Waals surface area contributed by atoms with E-state index in [0.29, 0.717) is 23.4 Å². The summed E-state index contributed by atoms with van der Waals surface area (Å²) in [6.07, 6.45) is -0.283. The highest BCUT2D eigenvalue weighted by molar-refractivity contribution is 5.95. The van der Waals surface area contributed by atoms with Crippen LogP contribution in [0.5, 0.6) is 11.5 Å². The summed E-state index contributed by atoms with van der Waals surface area (Å²) in [5, 5.41) is 15.1. The smallest absolute Gasteiger partial charge is 0.338 e. The number of urea groups is 1. The molecule has 0 saturated carbocycles. The molecule has 0 bridgehead atoms. The van der Waals surface area contributed by atoms with Gasteiger partial charge in [-0.2, -0.15) is 0 Å². The number of allylic oxidation sites excluding steroid dienone is 1. The summed E-state index contributed by atoms with van der Waals surface area (Å²) in [5.41, 5.74) is 1.36. The quantitative estimate of drug-likeness (QED) is 0.718. The van der Waals surface area contributed by atoms with Crippen molar-refractivity contribution in [2.75, 3.05) is 6.61 Å². The number of amides is 2. The van der Waals surface area contributed by atoms with E-state index in [9.17, 15) is 14.7 Å². The highest BCUT2D eigenvalue weighted by atomic mass is 16.5. The van der Waals surface area contributed by atoms with Crippen LogP contribution in [0.25, 0.3) is 0 Å². The Hall–Kier alpha value is -2.70. The number of phenols is 1. The van der Waals surface area contributed by atoms with Gasteiger partial charge in [0.1, 0.15) is 0 Å². The zero-order valence-corrected chi connectivity index (χ0v) is 14.2. The molecule has 2 rings (SSSR count). The minimum Gasteiger partial charge on any atom is -0.504 e. The lowest BCUT2D eigenvalue weighted by molar-refractivity contribution is -0.143. The zero-order valence-electron chi connectivity index (χ0n) is 14.2. The van der Waals surface area contributed by atoms with E-state index in [1.54, 1.807) is 39.8 Å². The summed E-state index contributed by atoms with van der Waals surface area (Å²) in [7, 11) is 0. The van der Waals surface area contributed by atoms with E-state index in [4.69, 9.17) is 9.47 Å². The number of benzene rings is 1. The number of phenolic OH excluding ortho intramolecular Hbond substituents is 1. The molecule has 1 heterocycles. The number of aromatic hydroxyl groups is 1. The summed E-state index contributed by atoms with van der Waals surface area (Å²) in [6, 6.07) is 3.60. The van der Waals surface area contributed by atoms with Gasteiger partial charge in [0.2, 0.25) is 0 Å². The monoisotopic (exact) mass is 334 g/mol. The van der Waals surface area contributed by atoms with Crippen LogP contribution in [-0.4, -0.2) is 29.8 Å². The summed E-state index contributed by atoms with van der Waals surface area (Å²) in [6.45, 7) is 7.34. The molecule has 0 saturated heterocycles. The number of hydrogen-bond acceptors (Lipinski definition) is 5. The molecule has 0 fully saturated rings. The maximum Gasteiger partial charge on any atom is 0.338 e. The van der Waals surface area contributed by atoms with E-state index < -0.39 is 18.0 Å².